The molecular weight excluding hydrogens is 181 g/mol. The lowest BCUT2D eigenvalue weighted by atomic mass is 10.3. The van der Waals surface area contributed by atoms with Crippen molar-refractivity contribution in [3.8, 4) is 0 Å². The Morgan fingerprint density at radius 1 is 1.30 bits per heavy atom. The summed E-state index contributed by atoms with van der Waals surface area (Å²) in [5.41, 5.74) is 1.10. The second-order valence-electron chi connectivity index (χ2n) is 1.63. The normalized spacial score (nSPS) is 9.60. The van der Waals surface area contributed by atoms with E-state index in [4.69, 9.17) is 11.8 Å². The molecule has 0 bridgehead atoms. The highest BCUT2D eigenvalue weighted by molar-refractivity contribution is 8.58. The van der Waals surface area contributed by atoms with Gasteiger partial charge in [0.2, 0.25) is 0 Å². The monoisotopic (exact) mass is 187 g/mol. The van der Waals surface area contributed by atoms with E-state index >= 15 is 0 Å². The van der Waals surface area contributed by atoms with Crippen molar-refractivity contribution < 1.29 is 0 Å². The molecule has 4 heteroatoms. The number of hydrogen-bond donors (Lipinski definition) is 1. The van der Waals surface area contributed by atoms with Gasteiger partial charge in [-0.1, -0.05) is 18.2 Å². The number of hydrogen-bond acceptors (Lipinski definition) is 3. The first kappa shape index (κ1) is 7.99. The lowest BCUT2D eigenvalue weighted by Gasteiger charge is -1.97. The minimum Gasteiger partial charge on any atom is -0.322 e. The molecule has 0 unspecified atom stereocenters. The maximum Gasteiger partial charge on any atom is 0.0662 e. The molecule has 0 radical (unpaired) electrons. The zero-order valence-corrected chi connectivity index (χ0v) is 7.68. The Balaban J connectivity index is 2.50. The predicted octanol–water partition coefficient (Wildman–Crippen LogP) is 3.07. The Kier molecular flexibility index (Phi) is 3.73. The van der Waals surface area contributed by atoms with E-state index in [1.807, 2.05) is 30.3 Å². The fourth-order valence-electron chi connectivity index (χ4n) is 0.578. The van der Waals surface area contributed by atoms with Gasteiger partial charge < -0.3 is 4.72 Å². The lowest BCUT2D eigenvalue weighted by molar-refractivity contribution is 1.69. The second kappa shape index (κ2) is 4.67. The quantitative estimate of drug-likeness (QED) is 0.577. The molecule has 0 aliphatic rings. The van der Waals surface area contributed by atoms with Crippen molar-refractivity contribution >= 4 is 35.6 Å². The summed E-state index contributed by atoms with van der Waals surface area (Å²) in [4.78, 5) is 0. The highest BCUT2D eigenvalue weighted by Crippen LogP contribution is 2.20. The maximum atomic E-state index is 4.72. The van der Waals surface area contributed by atoms with Gasteiger partial charge in [0.15, 0.2) is 0 Å². The number of rotatable bonds is 3. The Hall–Kier alpha value is -0.110. The Morgan fingerprint density at radius 2 is 2.00 bits per heavy atom. The second-order valence-corrected chi connectivity index (χ2v) is 4.51. The van der Waals surface area contributed by atoms with Gasteiger partial charge in [0, 0.05) is 17.3 Å². The molecular formula is C6H6NPS2. The molecule has 0 aliphatic heterocycles. The molecule has 1 aromatic rings. The van der Waals surface area contributed by atoms with E-state index in [-0.39, 0.29) is 0 Å². The molecule has 0 atom stereocenters. The van der Waals surface area contributed by atoms with Crippen LogP contribution in [0.1, 0.15) is 0 Å². The first-order valence-corrected chi connectivity index (χ1v) is 6.06. The standard InChI is InChI=1S/C6H6NPS2/c9-8-10-7-6-4-2-1-3-5-6/h1-5,7H. The highest BCUT2D eigenvalue weighted by Gasteiger charge is 1.84. The average Bonchev–Trinajstić information content (AvgIpc) is 2.03. The molecule has 0 aliphatic carbocycles. The van der Waals surface area contributed by atoms with Gasteiger partial charge in [-0.3, -0.25) is 0 Å². The topological polar surface area (TPSA) is 12.0 Å². The highest BCUT2D eigenvalue weighted by atomic mass is 32.9. The van der Waals surface area contributed by atoms with Crippen LogP contribution in [0, 0.1) is 0 Å². The van der Waals surface area contributed by atoms with E-state index in [0.717, 1.165) is 12.2 Å². The summed E-state index contributed by atoms with van der Waals surface area (Å²) >= 11 is 6.22. The fourth-order valence-corrected chi connectivity index (χ4v) is 1.62. The van der Waals surface area contributed by atoms with E-state index in [0.29, 0.717) is 0 Å². The average molecular weight is 187 g/mol. The first-order valence-electron chi connectivity index (χ1n) is 2.73. The van der Waals surface area contributed by atoms with Gasteiger partial charge in [-0.05, 0) is 23.9 Å². The first-order chi connectivity index (χ1) is 4.93. The largest absolute Gasteiger partial charge is 0.322 e. The molecule has 0 heterocycles. The van der Waals surface area contributed by atoms with Crippen LogP contribution in [0.2, 0.25) is 0 Å². The lowest BCUT2D eigenvalue weighted by Crippen LogP contribution is -1.78. The van der Waals surface area contributed by atoms with Crippen molar-refractivity contribution in [1.82, 2.24) is 0 Å². The van der Waals surface area contributed by atoms with Crippen molar-refractivity contribution in [3.63, 3.8) is 0 Å². The van der Waals surface area contributed by atoms with Crippen molar-refractivity contribution in [3.05, 3.63) is 30.3 Å². The minimum atomic E-state index is 0.879. The van der Waals surface area contributed by atoms with Crippen LogP contribution >= 0.6 is 18.1 Å². The molecule has 0 saturated heterocycles. The third-order valence-corrected chi connectivity index (χ3v) is 2.54. The third kappa shape index (κ3) is 2.65. The summed E-state index contributed by atoms with van der Waals surface area (Å²) in [6, 6.07) is 9.98. The minimum absolute atomic E-state index is 0.879. The summed E-state index contributed by atoms with van der Waals surface area (Å²) in [5.74, 6) is 0. The van der Waals surface area contributed by atoms with Crippen LogP contribution in [0.4, 0.5) is 5.69 Å². The fraction of sp³-hybridized carbons (Fsp3) is 0. The van der Waals surface area contributed by atoms with Crippen LogP contribution < -0.4 is 4.72 Å². The van der Waals surface area contributed by atoms with Gasteiger partial charge in [0.05, 0.1) is 6.56 Å². The van der Waals surface area contributed by atoms with Gasteiger partial charge in [-0.2, -0.15) is 0 Å². The van der Waals surface area contributed by atoms with Crippen molar-refractivity contribution in [2.45, 2.75) is 0 Å². The molecule has 1 aromatic carbocycles. The van der Waals surface area contributed by atoms with E-state index < -0.39 is 0 Å². The summed E-state index contributed by atoms with van der Waals surface area (Å²) in [7, 11) is 0. The van der Waals surface area contributed by atoms with Crippen molar-refractivity contribution in [2.24, 2.45) is 0 Å². The Bertz CT molecular complexity index is 202. The van der Waals surface area contributed by atoms with E-state index in [1.165, 1.54) is 11.6 Å². The van der Waals surface area contributed by atoms with E-state index in [2.05, 4.69) is 4.72 Å². The van der Waals surface area contributed by atoms with Gasteiger partial charge in [-0.25, -0.2) is 0 Å². The van der Waals surface area contributed by atoms with Gasteiger partial charge in [0.25, 0.3) is 0 Å². The number of para-hydroxylation sites is 1. The molecule has 0 spiro atoms. The molecule has 52 valence electrons. The van der Waals surface area contributed by atoms with Crippen LogP contribution in [0.25, 0.3) is 0 Å². The summed E-state index contributed by atoms with van der Waals surface area (Å²) in [6.45, 7) is 0.879. The molecule has 0 aromatic heterocycles. The van der Waals surface area contributed by atoms with Crippen molar-refractivity contribution in [2.75, 3.05) is 4.72 Å². The van der Waals surface area contributed by atoms with Crippen LogP contribution in [0.15, 0.2) is 30.3 Å². The molecule has 0 saturated carbocycles. The summed E-state index contributed by atoms with van der Waals surface area (Å²) in [6.07, 6.45) is 0. The Morgan fingerprint density at radius 3 is 2.60 bits per heavy atom. The number of anilines is 1. The van der Waals surface area contributed by atoms with Crippen LogP contribution in [-0.2, 0) is 11.8 Å². The predicted molar refractivity (Wildman–Crippen MR) is 51.9 cm³/mol. The molecule has 1 rings (SSSR count). The zero-order valence-electron chi connectivity index (χ0n) is 5.15. The van der Waals surface area contributed by atoms with Crippen molar-refractivity contribution in [1.29, 1.82) is 0 Å². The van der Waals surface area contributed by atoms with Gasteiger partial charge in [-0.15, -0.1) is 0 Å². The maximum absolute atomic E-state index is 4.72. The van der Waals surface area contributed by atoms with Gasteiger partial charge >= 0.3 is 0 Å². The third-order valence-electron chi connectivity index (χ3n) is 0.975. The zero-order chi connectivity index (χ0) is 7.23. The van der Waals surface area contributed by atoms with Crippen LogP contribution in [0.5, 0.6) is 0 Å². The smallest absolute Gasteiger partial charge is 0.0662 e. The molecule has 1 N–H and O–H groups in total. The van der Waals surface area contributed by atoms with Crippen LogP contribution in [0.3, 0.4) is 0 Å². The number of nitrogens with one attached hydrogen (secondary N) is 1. The number of benzene rings is 1. The molecule has 0 fully saturated rings. The van der Waals surface area contributed by atoms with Crippen LogP contribution in [-0.4, -0.2) is 0 Å². The molecule has 1 nitrogen and oxygen atoms in total. The molecule has 0 amide bonds. The Labute approximate surface area is 70.9 Å². The molecule has 10 heavy (non-hydrogen) atoms. The SMILES string of the molecule is S=PSNc1ccccc1. The van der Waals surface area contributed by atoms with E-state index in [1.54, 1.807) is 0 Å². The van der Waals surface area contributed by atoms with Gasteiger partial charge in [0.1, 0.15) is 0 Å². The van der Waals surface area contributed by atoms with E-state index in [9.17, 15) is 0 Å². The summed E-state index contributed by atoms with van der Waals surface area (Å²) < 4.78 is 3.09. The summed E-state index contributed by atoms with van der Waals surface area (Å²) in [5, 5.41) is 0.